The molecule has 0 N–H and O–H groups in total. The van der Waals surface area contributed by atoms with Gasteiger partial charge in [0, 0.05) is 19.3 Å². The van der Waals surface area contributed by atoms with Gasteiger partial charge in [0.05, 0.1) is 13.2 Å². The molecule has 0 aliphatic carbocycles. The van der Waals surface area contributed by atoms with Crippen LogP contribution in [0.4, 0.5) is 0 Å². The van der Waals surface area contributed by atoms with Crippen molar-refractivity contribution in [1.29, 1.82) is 0 Å². The molecule has 5 nitrogen and oxygen atoms in total. The smallest absolute Gasteiger partial charge is 0.272 e. The second kappa shape index (κ2) is 4.55. The molecule has 0 atom stereocenters. The highest BCUT2D eigenvalue weighted by Gasteiger charge is 2.19. The molecule has 1 amide bonds. The molecule has 0 spiro atoms. The fourth-order valence-electron chi connectivity index (χ4n) is 1.38. The maximum Gasteiger partial charge on any atom is 0.272 e. The van der Waals surface area contributed by atoms with Gasteiger partial charge in [0.25, 0.3) is 5.91 Å². The van der Waals surface area contributed by atoms with Crippen molar-refractivity contribution in [1.82, 2.24) is 14.9 Å². The number of carbonyl (C=O) groups excluding carboxylic acids is 1. The Hall–Kier alpha value is -1.20. The number of nitrogens with zero attached hydrogens (tertiary/aromatic N) is 3. The van der Waals surface area contributed by atoms with Crippen LogP contribution >= 0.6 is 11.6 Å². The third-order valence-corrected chi connectivity index (χ3v) is 2.33. The summed E-state index contributed by atoms with van der Waals surface area (Å²) in [6.45, 7) is 2.34. The molecule has 0 bridgehead atoms. The van der Waals surface area contributed by atoms with Crippen molar-refractivity contribution < 1.29 is 9.53 Å². The van der Waals surface area contributed by atoms with E-state index in [-0.39, 0.29) is 11.2 Å². The second-order valence-electron chi connectivity index (χ2n) is 3.12. The zero-order valence-electron chi connectivity index (χ0n) is 8.02. The molecular weight excluding hydrogens is 218 g/mol. The van der Waals surface area contributed by atoms with Gasteiger partial charge in [0.15, 0.2) is 0 Å². The minimum atomic E-state index is -0.123. The lowest BCUT2D eigenvalue weighted by Crippen LogP contribution is -2.41. The molecule has 6 heteroatoms. The third kappa shape index (κ3) is 2.43. The Morgan fingerprint density at radius 2 is 2.20 bits per heavy atom. The number of rotatable bonds is 1. The maximum atomic E-state index is 11.9. The first-order chi connectivity index (χ1) is 7.27. The van der Waals surface area contributed by atoms with Crippen molar-refractivity contribution >= 4 is 17.5 Å². The molecule has 1 saturated heterocycles. The van der Waals surface area contributed by atoms with Crippen molar-refractivity contribution in [2.45, 2.75) is 0 Å². The lowest BCUT2D eigenvalue weighted by Gasteiger charge is -2.26. The lowest BCUT2D eigenvalue weighted by molar-refractivity contribution is 0.0299. The minimum absolute atomic E-state index is 0.0918. The molecule has 1 aliphatic heterocycles. The Balaban J connectivity index is 2.12. The average Bonchev–Trinajstić information content (AvgIpc) is 2.29. The van der Waals surface area contributed by atoms with E-state index in [1.54, 1.807) is 11.0 Å². The Morgan fingerprint density at radius 3 is 2.87 bits per heavy atom. The highest BCUT2D eigenvalue weighted by Crippen LogP contribution is 2.06. The van der Waals surface area contributed by atoms with Crippen molar-refractivity contribution in [3.05, 3.63) is 23.2 Å². The molecule has 2 heterocycles. The zero-order valence-corrected chi connectivity index (χ0v) is 8.78. The summed E-state index contributed by atoms with van der Waals surface area (Å²) in [7, 11) is 0. The van der Waals surface area contributed by atoms with Gasteiger partial charge in [-0.05, 0) is 17.7 Å². The Bertz CT molecular complexity index is 366. The monoisotopic (exact) mass is 227 g/mol. The molecule has 15 heavy (non-hydrogen) atoms. The van der Waals surface area contributed by atoms with Gasteiger partial charge in [-0.3, -0.25) is 4.79 Å². The highest BCUT2D eigenvalue weighted by atomic mass is 35.5. The van der Waals surface area contributed by atoms with E-state index in [2.05, 4.69) is 9.97 Å². The van der Waals surface area contributed by atoms with Gasteiger partial charge in [0.1, 0.15) is 5.69 Å². The predicted octanol–water partition coefficient (Wildman–Crippen LogP) is 0.602. The van der Waals surface area contributed by atoms with Crippen LogP contribution in [0.1, 0.15) is 10.5 Å². The summed E-state index contributed by atoms with van der Waals surface area (Å²) in [5, 5.41) is 0.0918. The summed E-state index contributed by atoms with van der Waals surface area (Å²) in [4.78, 5) is 21.2. The van der Waals surface area contributed by atoms with Crippen LogP contribution in [0.5, 0.6) is 0 Å². The quantitative estimate of drug-likeness (QED) is 0.660. The van der Waals surface area contributed by atoms with E-state index in [0.717, 1.165) is 0 Å². The Morgan fingerprint density at radius 1 is 1.47 bits per heavy atom. The molecule has 1 fully saturated rings. The Kier molecular flexibility index (Phi) is 3.13. The van der Waals surface area contributed by atoms with E-state index >= 15 is 0 Å². The second-order valence-corrected chi connectivity index (χ2v) is 3.45. The topological polar surface area (TPSA) is 55.3 Å². The molecule has 1 aromatic rings. The van der Waals surface area contributed by atoms with Crippen LogP contribution < -0.4 is 0 Å². The summed E-state index contributed by atoms with van der Waals surface area (Å²) in [6.07, 6.45) is 1.48. The number of morpholine rings is 1. The number of aromatic nitrogens is 2. The van der Waals surface area contributed by atoms with E-state index in [4.69, 9.17) is 16.3 Å². The van der Waals surface area contributed by atoms with Crippen molar-refractivity contribution in [3.63, 3.8) is 0 Å². The van der Waals surface area contributed by atoms with E-state index < -0.39 is 0 Å². The van der Waals surface area contributed by atoms with Gasteiger partial charge in [-0.2, -0.15) is 0 Å². The number of hydrogen-bond acceptors (Lipinski definition) is 4. The van der Waals surface area contributed by atoms with Crippen LogP contribution in [0.2, 0.25) is 5.28 Å². The number of ether oxygens (including phenoxy) is 1. The van der Waals surface area contributed by atoms with Gasteiger partial charge in [-0.25, -0.2) is 9.97 Å². The first-order valence-electron chi connectivity index (χ1n) is 4.63. The standard InChI is InChI=1S/C9H10ClN3O2/c10-9-11-2-1-7(12-9)8(14)13-3-5-15-6-4-13/h1-2H,3-6H2. The van der Waals surface area contributed by atoms with Crippen molar-refractivity contribution in [3.8, 4) is 0 Å². The Labute approximate surface area is 92.0 Å². The average molecular weight is 228 g/mol. The predicted molar refractivity (Wildman–Crippen MR) is 53.8 cm³/mol. The molecule has 0 saturated carbocycles. The van der Waals surface area contributed by atoms with Gasteiger partial charge < -0.3 is 9.64 Å². The maximum absolute atomic E-state index is 11.9. The summed E-state index contributed by atoms with van der Waals surface area (Å²) >= 11 is 5.61. The molecule has 0 aromatic carbocycles. The lowest BCUT2D eigenvalue weighted by atomic mass is 10.3. The van der Waals surface area contributed by atoms with Crippen LogP contribution in [0, 0.1) is 0 Å². The van der Waals surface area contributed by atoms with Crippen LogP contribution in [-0.4, -0.2) is 47.1 Å². The summed E-state index contributed by atoms with van der Waals surface area (Å²) in [6, 6.07) is 1.56. The molecule has 1 aromatic heterocycles. The first kappa shape index (κ1) is 10.3. The number of carbonyl (C=O) groups is 1. The van der Waals surface area contributed by atoms with Crippen molar-refractivity contribution in [2.24, 2.45) is 0 Å². The largest absolute Gasteiger partial charge is 0.378 e. The molecule has 1 aliphatic rings. The minimum Gasteiger partial charge on any atom is -0.378 e. The third-order valence-electron chi connectivity index (χ3n) is 2.14. The van der Waals surface area contributed by atoms with E-state index in [0.29, 0.717) is 32.0 Å². The number of halogens is 1. The van der Waals surface area contributed by atoms with Crippen LogP contribution in [0.3, 0.4) is 0 Å². The van der Waals surface area contributed by atoms with Gasteiger partial charge in [-0.1, -0.05) is 0 Å². The fraction of sp³-hybridized carbons (Fsp3) is 0.444. The van der Waals surface area contributed by atoms with Gasteiger partial charge >= 0.3 is 0 Å². The van der Waals surface area contributed by atoms with Crippen molar-refractivity contribution in [2.75, 3.05) is 26.3 Å². The normalized spacial score (nSPS) is 16.5. The van der Waals surface area contributed by atoms with E-state index in [9.17, 15) is 4.79 Å². The molecule has 0 radical (unpaired) electrons. The highest BCUT2D eigenvalue weighted by molar-refractivity contribution is 6.28. The summed E-state index contributed by atoms with van der Waals surface area (Å²) < 4.78 is 5.16. The molecular formula is C9H10ClN3O2. The number of amides is 1. The summed E-state index contributed by atoms with van der Waals surface area (Å²) in [5.41, 5.74) is 0.330. The van der Waals surface area contributed by atoms with E-state index in [1.165, 1.54) is 6.20 Å². The SMILES string of the molecule is O=C(c1ccnc(Cl)n1)N1CCOCC1. The molecule has 0 unspecified atom stereocenters. The fourth-order valence-corrected chi connectivity index (χ4v) is 1.53. The van der Waals surface area contributed by atoms with Crippen LogP contribution in [0.15, 0.2) is 12.3 Å². The van der Waals surface area contributed by atoms with Gasteiger partial charge in [-0.15, -0.1) is 0 Å². The number of hydrogen-bond donors (Lipinski definition) is 0. The van der Waals surface area contributed by atoms with Gasteiger partial charge in [0.2, 0.25) is 5.28 Å². The molecule has 2 rings (SSSR count). The van der Waals surface area contributed by atoms with Crippen LogP contribution in [0.25, 0.3) is 0 Å². The van der Waals surface area contributed by atoms with E-state index in [1.807, 2.05) is 0 Å². The molecule has 80 valence electrons. The zero-order chi connectivity index (χ0) is 10.7. The van der Waals surface area contributed by atoms with Crippen LogP contribution in [-0.2, 0) is 4.74 Å². The first-order valence-corrected chi connectivity index (χ1v) is 5.01. The summed E-state index contributed by atoms with van der Waals surface area (Å²) in [5.74, 6) is -0.123.